The van der Waals surface area contributed by atoms with Crippen molar-refractivity contribution in [2.75, 3.05) is 7.11 Å². The molecule has 0 aliphatic rings. The predicted octanol–water partition coefficient (Wildman–Crippen LogP) is 2.64. The second-order valence-electron chi connectivity index (χ2n) is 1.94. The first kappa shape index (κ1) is 8.81. The molecule has 0 fully saturated rings. The third-order valence-corrected chi connectivity index (χ3v) is 2.11. The Bertz CT molecular complexity index is 254. The molecule has 1 aromatic rings. The lowest BCUT2D eigenvalue weighted by Gasteiger charge is -2.01. The highest BCUT2D eigenvalue weighted by Gasteiger charge is 2.00. The molecule has 0 amide bonds. The average Bonchev–Trinajstić information content (AvgIpc) is 2.04. The van der Waals surface area contributed by atoms with Crippen molar-refractivity contribution in [1.29, 1.82) is 0 Å². The molecular formula is C7H7BrClNO. The van der Waals surface area contributed by atoms with Crippen LogP contribution >= 0.6 is 27.5 Å². The highest BCUT2D eigenvalue weighted by Crippen LogP contribution is 2.21. The number of pyridine rings is 1. The van der Waals surface area contributed by atoms with E-state index in [2.05, 4.69) is 20.9 Å². The first-order valence-electron chi connectivity index (χ1n) is 3.02. The smallest absolute Gasteiger partial charge is 0.138 e. The van der Waals surface area contributed by atoms with Crippen molar-refractivity contribution >= 4 is 27.5 Å². The van der Waals surface area contributed by atoms with Gasteiger partial charge in [-0.05, 0) is 0 Å². The second-order valence-corrected chi connectivity index (χ2v) is 2.91. The number of methoxy groups -OCH3 is 1. The van der Waals surface area contributed by atoms with Crippen LogP contribution < -0.4 is 4.74 Å². The maximum atomic E-state index is 5.84. The third kappa shape index (κ3) is 2.07. The van der Waals surface area contributed by atoms with Crippen LogP contribution in [0.5, 0.6) is 5.75 Å². The van der Waals surface area contributed by atoms with Crippen molar-refractivity contribution in [3.8, 4) is 5.75 Å². The van der Waals surface area contributed by atoms with Crippen molar-refractivity contribution in [3.63, 3.8) is 0 Å². The molecule has 0 bridgehead atoms. The van der Waals surface area contributed by atoms with Gasteiger partial charge in [0.05, 0.1) is 24.0 Å². The van der Waals surface area contributed by atoms with Crippen molar-refractivity contribution in [1.82, 2.24) is 4.98 Å². The largest absolute Gasteiger partial charge is 0.495 e. The normalized spacial score (nSPS) is 9.73. The third-order valence-electron chi connectivity index (χ3n) is 1.25. The average molecular weight is 236 g/mol. The maximum absolute atomic E-state index is 5.84. The van der Waals surface area contributed by atoms with Gasteiger partial charge in [-0.15, -0.1) is 0 Å². The molecule has 0 radical (unpaired) electrons. The Morgan fingerprint density at radius 1 is 1.73 bits per heavy atom. The number of nitrogens with zero attached hydrogens (tertiary/aromatic N) is 1. The molecule has 60 valence electrons. The molecule has 0 atom stereocenters. The van der Waals surface area contributed by atoms with E-state index in [1.54, 1.807) is 19.4 Å². The van der Waals surface area contributed by atoms with Gasteiger partial charge < -0.3 is 4.74 Å². The minimum Gasteiger partial charge on any atom is -0.495 e. The van der Waals surface area contributed by atoms with Gasteiger partial charge in [-0.25, -0.2) is 0 Å². The van der Waals surface area contributed by atoms with Gasteiger partial charge in [0, 0.05) is 11.4 Å². The summed E-state index contributed by atoms with van der Waals surface area (Å²) in [5.41, 5.74) is 0.826. The molecule has 0 unspecified atom stereocenters. The van der Waals surface area contributed by atoms with Crippen LogP contribution in [0.1, 0.15) is 5.69 Å². The molecule has 4 heteroatoms. The SMILES string of the molecule is COc1cnc(CBr)c(Cl)c1. The molecule has 0 aliphatic carbocycles. The first-order chi connectivity index (χ1) is 5.27. The lowest BCUT2D eigenvalue weighted by Crippen LogP contribution is -1.89. The summed E-state index contributed by atoms with van der Waals surface area (Å²) in [5, 5.41) is 1.29. The Morgan fingerprint density at radius 3 is 2.91 bits per heavy atom. The van der Waals surface area contributed by atoms with Crippen molar-refractivity contribution in [2.45, 2.75) is 5.33 Å². The molecule has 2 nitrogen and oxygen atoms in total. The maximum Gasteiger partial charge on any atom is 0.138 e. The van der Waals surface area contributed by atoms with Gasteiger partial charge in [-0.3, -0.25) is 4.98 Å². The molecule has 1 aromatic heterocycles. The topological polar surface area (TPSA) is 22.1 Å². The summed E-state index contributed by atoms with van der Waals surface area (Å²) in [6, 6.07) is 1.74. The van der Waals surface area contributed by atoms with E-state index in [9.17, 15) is 0 Å². The fraction of sp³-hybridized carbons (Fsp3) is 0.286. The summed E-state index contributed by atoms with van der Waals surface area (Å²) in [5.74, 6) is 0.680. The summed E-state index contributed by atoms with van der Waals surface area (Å²) in [4.78, 5) is 4.06. The Kier molecular flexibility index (Phi) is 3.15. The monoisotopic (exact) mass is 235 g/mol. The fourth-order valence-corrected chi connectivity index (χ4v) is 1.49. The standard InChI is InChI=1S/C7H7BrClNO/c1-11-5-2-6(9)7(3-8)10-4-5/h2,4H,3H2,1H3. The van der Waals surface area contributed by atoms with Crippen LogP contribution in [-0.4, -0.2) is 12.1 Å². The fourth-order valence-electron chi connectivity index (χ4n) is 0.659. The van der Waals surface area contributed by atoms with Gasteiger partial charge in [-0.2, -0.15) is 0 Å². The van der Waals surface area contributed by atoms with Crippen LogP contribution in [0.25, 0.3) is 0 Å². The number of alkyl halides is 1. The molecule has 11 heavy (non-hydrogen) atoms. The van der Waals surface area contributed by atoms with E-state index in [-0.39, 0.29) is 0 Å². The van der Waals surface area contributed by atoms with Gasteiger partial charge in [0.15, 0.2) is 0 Å². The zero-order valence-corrected chi connectivity index (χ0v) is 8.32. The van der Waals surface area contributed by atoms with E-state index in [0.717, 1.165) is 5.69 Å². The number of rotatable bonds is 2. The summed E-state index contributed by atoms with van der Waals surface area (Å²) in [6.45, 7) is 0. The lowest BCUT2D eigenvalue weighted by atomic mass is 10.4. The number of halogens is 2. The van der Waals surface area contributed by atoms with Gasteiger partial charge in [0.2, 0.25) is 0 Å². The van der Waals surface area contributed by atoms with E-state index < -0.39 is 0 Å². The molecule has 0 N–H and O–H groups in total. The molecule has 0 aromatic carbocycles. The van der Waals surface area contributed by atoms with Gasteiger partial charge in [-0.1, -0.05) is 27.5 Å². The number of aromatic nitrogens is 1. The molecular weight excluding hydrogens is 229 g/mol. The van der Waals surface area contributed by atoms with E-state index in [1.807, 2.05) is 0 Å². The number of hydrogen-bond acceptors (Lipinski definition) is 2. The van der Waals surface area contributed by atoms with Crippen LogP contribution in [0.2, 0.25) is 5.02 Å². The molecule has 0 saturated carbocycles. The molecule has 0 aliphatic heterocycles. The van der Waals surface area contributed by atoms with E-state index in [4.69, 9.17) is 16.3 Å². The van der Waals surface area contributed by atoms with Crippen LogP contribution in [0, 0.1) is 0 Å². The van der Waals surface area contributed by atoms with Crippen molar-refractivity contribution < 1.29 is 4.74 Å². The van der Waals surface area contributed by atoms with E-state index >= 15 is 0 Å². The first-order valence-corrected chi connectivity index (χ1v) is 4.52. The molecule has 1 rings (SSSR count). The van der Waals surface area contributed by atoms with Crippen molar-refractivity contribution in [2.24, 2.45) is 0 Å². The van der Waals surface area contributed by atoms with Crippen LogP contribution in [0.3, 0.4) is 0 Å². The second kappa shape index (κ2) is 3.93. The van der Waals surface area contributed by atoms with Gasteiger partial charge >= 0.3 is 0 Å². The molecule has 0 saturated heterocycles. The Morgan fingerprint density at radius 2 is 2.45 bits per heavy atom. The van der Waals surface area contributed by atoms with E-state index in [0.29, 0.717) is 16.1 Å². The quantitative estimate of drug-likeness (QED) is 0.737. The Hall–Kier alpha value is -0.280. The van der Waals surface area contributed by atoms with Crippen LogP contribution in [0.15, 0.2) is 12.3 Å². The summed E-state index contributed by atoms with van der Waals surface area (Å²) >= 11 is 9.10. The lowest BCUT2D eigenvalue weighted by molar-refractivity contribution is 0.412. The number of ether oxygens (including phenoxy) is 1. The van der Waals surface area contributed by atoms with E-state index in [1.165, 1.54) is 0 Å². The Balaban J connectivity index is 2.99. The summed E-state index contributed by atoms with van der Waals surface area (Å²) in [7, 11) is 1.58. The molecule has 0 spiro atoms. The van der Waals surface area contributed by atoms with Crippen LogP contribution in [-0.2, 0) is 5.33 Å². The Labute approximate surface area is 78.7 Å². The van der Waals surface area contributed by atoms with Crippen LogP contribution in [0.4, 0.5) is 0 Å². The minimum atomic E-state index is 0.626. The summed E-state index contributed by atoms with van der Waals surface area (Å²) < 4.78 is 4.93. The van der Waals surface area contributed by atoms with Gasteiger partial charge in [0.25, 0.3) is 0 Å². The number of hydrogen-bond donors (Lipinski definition) is 0. The summed E-state index contributed by atoms with van der Waals surface area (Å²) in [6.07, 6.45) is 1.64. The molecule has 1 heterocycles. The predicted molar refractivity (Wildman–Crippen MR) is 48.4 cm³/mol. The van der Waals surface area contributed by atoms with Crippen molar-refractivity contribution in [3.05, 3.63) is 23.0 Å². The highest BCUT2D eigenvalue weighted by atomic mass is 79.9. The zero-order valence-electron chi connectivity index (χ0n) is 5.97. The zero-order chi connectivity index (χ0) is 8.27. The highest BCUT2D eigenvalue weighted by molar-refractivity contribution is 9.08. The van der Waals surface area contributed by atoms with Gasteiger partial charge in [0.1, 0.15) is 5.75 Å². The minimum absolute atomic E-state index is 0.626.